The molecule has 0 aliphatic carbocycles. The predicted octanol–water partition coefficient (Wildman–Crippen LogP) is 1.72. The minimum Gasteiger partial charge on any atom is -0.478 e. The van der Waals surface area contributed by atoms with Crippen molar-refractivity contribution in [3.63, 3.8) is 0 Å². The van der Waals surface area contributed by atoms with Crippen LogP contribution in [0, 0.1) is 0 Å². The summed E-state index contributed by atoms with van der Waals surface area (Å²) < 4.78 is 23.6. The van der Waals surface area contributed by atoms with Crippen molar-refractivity contribution in [3.8, 4) is 0 Å². The molecule has 88 valence electrons. The first-order chi connectivity index (χ1) is 7.62. The van der Waals surface area contributed by atoms with Crippen LogP contribution in [0.2, 0.25) is 0 Å². The lowest BCUT2D eigenvalue weighted by Crippen LogP contribution is -2.20. The Kier molecular flexibility index (Phi) is 3.14. The van der Waals surface area contributed by atoms with Crippen LogP contribution in [0.15, 0.2) is 24.0 Å². The molecule has 1 N–H and O–H groups in total. The van der Waals surface area contributed by atoms with E-state index in [1.165, 1.54) is 17.1 Å². The van der Waals surface area contributed by atoms with E-state index in [0.29, 0.717) is 26.1 Å². The van der Waals surface area contributed by atoms with E-state index >= 15 is 0 Å². The Hall–Kier alpha value is -1.10. The van der Waals surface area contributed by atoms with E-state index in [2.05, 4.69) is 0 Å². The second kappa shape index (κ2) is 4.41. The van der Waals surface area contributed by atoms with Gasteiger partial charge in [0.25, 0.3) is 0 Å². The molecule has 0 bridgehead atoms. The Bertz CT molecular complexity index is 393. The minimum atomic E-state index is -3.36. The van der Waals surface area contributed by atoms with Gasteiger partial charge < -0.3 is 5.11 Å². The molecular formula is C9H12NO5P. The fourth-order valence-corrected chi connectivity index (χ4v) is 3.03. The maximum Gasteiger partial charge on any atom is 0.438 e. The molecule has 0 unspecified atom stereocenters. The maximum absolute atomic E-state index is 12.1. The zero-order chi connectivity index (χ0) is 11.6. The molecule has 2 aliphatic heterocycles. The number of nitrogens with zero attached hydrogens (tertiary/aromatic N) is 1. The summed E-state index contributed by atoms with van der Waals surface area (Å²) in [6, 6.07) is 0. The largest absolute Gasteiger partial charge is 0.478 e. The third kappa shape index (κ3) is 2.19. The zero-order valence-electron chi connectivity index (χ0n) is 8.54. The summed E-state index contributed by atoms with van der Waals surface area (Å²) in [5, 5.41) is 8.84. The van der Waals surface area contributed by atoms with Gasteiger partial charge in [0.1, 0.15) is 0 Å². The van der Waals surface area contributed by atoms with Crippen LogP contribution in [-0.4, -0.2) is 29.0 Å². The molecule has 0 aromatic carbocycles. The number of hydrogen-bond donors (Lipinski definition) is 1. The number of allylic oxidation sites excluding steroid dienone is 1. The van der Waals surface area contributed by atoms with E-state index in [4.69, 9.17) is 14.2 Å². The Balaban J connectivity index is 2.20. The second-order valence-electron chi connectivity index (χ2n) is 3.42. The van der Waals surface area contributed by atoms with Crippen LogP contribution < -0.4 is 0 Å². The van der Waals surface area contributed by atoms with Crippen LogP contribution in [0.5, 0.6) is 0 Å². The molecule has 6 nitrogen and oxygen atoms in total. The van der Waals surface area contributed by atoms with Gasteiger partial charge in [-0.15, -0.1) is 0 Å². The molecule has 0 atom stereocenters. The molecule has 2 heterocycles. The van der Waals surface area contributed by atoms with Gasteiger partial charge in [-0.05, 0) is 6.42 Å². The molecule has 0 spiro atoms. The number of carboxylic acid groups (broad SMARTS) is 1. The van der Waals surface area contributed by atoms with Crippen LogP contribution in [0.3, 0.4) is 0 Å². The van der Waals surface area contributed by atoms with Crippen molar-refractivity contribution in [1.82, 2.24) is 4.67 Å². The topological polar surface area (TPSA) is 76.1 Å². The van der Waals surface area contributed by atoms with Crippen molar-refractivity contribution in [3.05, 3.63) is 24.0 Å². The third-order valence-corrected chi connectivity index (χ3v) is 4.07. The molecule has 1 saturated heterocycles. The molecule has 0 saturated carbocycles. The second-order valence-corrected chi connectivity index (χ2v) is 5.33. The lowest BCUT2D eigenvalue weighted by molar-refractivity contribution is -0.132. The van der Waals surface area contributed by atoms with Gasteiger partial charge in [-0.25, -0.2) is 9.36 Å². The predicted molar refractivity (Wildman–Crippen MR) is 55.4 cm³/mol. The van der Waals surface area contributed by atoms with E-state index in [1.54, 1.807) is 6.08 Å². The van der Waals surface area contributed by atoms with Gasteiger partial charge in [0, 0.05) is 18.8 Å². The summed E-state index contributed by atoms with van der Waals surface area (Å²) in [6.45, 7) is 0.718. The van der Waals surface area contributed by atoms with E-state index in [1.807, 2.05) is 0 Å². The third-order valence-electron chi connectivity index (χ3n) is 2.24. The smallest absolute Gasteiger partial charge is 0.438 e. The number of rotatable bonds is 2. The minimum absolute atomic E-state index is 0.162. The number of hydrogen-bond acceptors (Lipinski definition) is 4. The fraction of sp³-hybridized carbons (Fsp3) is 0.444. The van der Waals surface area contributed by atoms with Crippen molar-refractivity contribution in [2.45, 2.75) is 12.8 Å². The average Bonchev–Trinajstić information content (AvgIpc) is 2.30. The lowest BCUT2D eigenvalue weighted by Gasteiger charge is -2.30. The molecule has 1 fully saturated rings. The molecule has 0 radical (unpaired) electrons. The van der Waals surface area contributed by atoms with Crippen LogP contribution in [0.4, 0.5) is 0 Å². The summed E-state index contributed by atoms with van der Waals surface area (Å²) in [5.74, 6) is -1.03. The van der Waals surface area contributed by atoms with Gasteiger partial charge >= 0.3 is 13.7 Å². The monoisotopic (exact) mass is 245 g/mol. The standard InChI is InChI=1S/C9H12NO5P/c11-9(12)8-3-1-4-10(7-8)16(13)14-5-2-6-15-16/h1,4,7H,2-3,5-6H2,(H,11,12). The van der Waals surface area contributed by atoms with Crippen LogP contribution in [0.1, 0.15) is 12.8 Å². The van der Waals surface area contributed by atoms with Crippen LogP contribution in [-0.2, 0) is 18.4 Å². The van der Waals surface area contributed by atoms with Gasteiger partial charge in [-0.3, -0.25) is 13.7 Å². The van der Waals surface area contributed by atoms with Crippen LogP contribution >= 0.6 is 7.75 Å². The molecule has 2 rings (SSSR count). The van der Waals surface area contributed by atoms with E-state index in [-0.39, 0.29) is 5.57 Å². The molecule has 2 aliphatic rings. The molecule has 7 heteroatoms. The highest BCUT2D eigenvalue weighted by molar-refractivity contribution is 7.51. The summed E-state index contributed by atoms with van der Waals surface area (Å²) in [5.41, 5.74) is 0.162. The Labute approximate surface area is 92.7 Å². The van der Waals surface area contributed by atoms with Gasteiger partial charge in [0.05, 0.1) is 18.8 Å². The van der Waals surface area contributed by atoms with Gasteiger partial charge in [-0.1, -0.05) is 6.08 Å². The lowest BCUT2D eigenvalue weighted by atomic mass is 10.2. The van der Waals surface area contributed by atoms with Crippen molar-refractivity contribution >= 4 is 13.7 Å². The molecule has 0 aromatic rings. The van der Waals surface area contributed by atoms with Gasteiger partial charge in [0.15, 0.2) is 0 Å². The first-order valence-corrected chi connectivity index (χ1v) is 6.40. The van der Waals surface area contributed by atoms with Crippen molar-refractivity contribution in [2.24, 2.45) is 0 Å². The first-order valence-electron chi connectivity index (χ1n) is 4.90. The summed E-state index contributed by atoms with van der Waals surface area (Å²) in [6.07, 6.45) is 5.44. The SMILES string of the molecule is O=C(O)C1=CN(P2(=O)OCCCO2)C=CC1. The van der Waals surface area contributed by atoms with E-state index in [9.17, 15) is 9.36 Å². The highest BCUT2D eigenvalue weighted by Crippen LogP contribution is 2.55. The zero-order valence-corrected chi connectivity index (χ0v) is 9.43. The molecule has 0 amide bonds. The molecular weight excluding hydrogens is 233 g/mol. The fourth-order valence-electron chi connectivity index (χ4n) is 1.43. The molecule has 0 aromatic heterocycles. The van der Waals surface area contributed by atoms with Gasteiger partial charge in [0.2, 0.25) is 0 Å². The van der Waals surface area contributed by atoms with Crippen LogP contribution in [0.25, 0.3) is 0 Å². The normalized spacial score (nSPS) is 24.0. The van der Waals surface area contributed by atoms with Crippen molar-refractivity contribution < 1.29 is 23.5 Å². The summed E-state index contributed by atoms with van der Waals surface area (Å²) in [7, 11) is -3.36. The maximum atomic E-state index is 12.1. The number of carboxylic acids is 1. The van der Waals surface area contributed by atoms with E-state index in [0.717, 1.165) is 0 Å². The highest BCUT2D eigenvalue weighted by Gasteiger charge is 2.34. The average molecular weight is 245 g/mol. The van der Waals surface area contributed by atoms with E-state index < -0.39 is 13.7 Å². The van der Waals surface area contributed by atoms with Gasteiger partial charge in [-0.2, -0.15) is 0 Å². The quantitative estimate of drug-likeness (QED) is 0.746. The van der Waals surface area contributed by atoms with Crippen molar-refractivity contribution in [1.29, 1.82) is 0 Å². The Morgan fingerprint density at radius 3 is 2.75 bits per heavy atom. The number of carbonyl (C=O) groups is 1. The summed E-state index contributed by atoms with van der Waals surface area (Å²) >= 11 is 0. The molecule has 16 heavy (non-hydrogen) atoms. The Morgan fingerprint density at radius 2 is 2.12 bits per heavy atom. The summed E-state index contributed by atoms with van der Waals surface area (Å²) in [4.78, 5) is 10.8. The van der Waals surface area contributed by atoms with Crippen molar-refractivity contribution in [2.75, 3.05) is 13.2 Å². The first kappa shape index (κ1) is 11.4. The number of aliphatic carboxylic acids is 1. The highest BCUT2D eigenvalue weighted by atomic mass is 31.2. The Morgan fingerprint density at radius 1 is 1.44 bits per heavy atom.